The molecule has 0 spiro atoms. The first kappa shape index (κ1) is 16.1. The van der Waals surface area contributed by atoms with E-state index in [1.54, 1.807) is 30.5 Å². The molecule has 23 heavy (non-hydrogen) atoms. The molecule has 1 heterocycles. The second kappa shape index (κ2) is 6.36. The zero-order valence-corrected chi connectivity index (χ0v) is 14.3. The van der Waals surface area contributed by atoms with Crippen LogP contribution in [0.2, 0.25) is 15.1 Å². The number of benzene rings is 2. The summed E-state index contributed by atoms with van der Waals surface area (Å²) in [5.74, 6) is -0.394. The number of nitrogens with zero attached hydrogens (tertiary/aromatic N) is 1. The highest BCUT2D eigenvalue weighted by Crippen LogP contribution is 2.30. The molecule has 0 fully saturated rings. The van der Waals surface area contributed by atoms with Gasteiger partial charge in [-0.2, -0.15) is 0 Å². The predicted molar refractivity (Wildman–Crippen MR) is 95.9 cm³/mol. The molecule has 3 rings (SSSR count). The number of carbonyl (C=O) groups is 1. The van der Waals surface area contributed by atoms with Crippen LogP contribution in [0.3, 0.4) is 0 Å². The highest BCUT2D eigenvalue weighted by atomic mass is 35.5. The first-order valence-corrected chi connectivity index (χ1v) is 7.91. The molecule has 1 amide bonds. The summed E-state index contributed by atoms with van der Waals surface area (Å²) in [6.07, 6.45) is 1.60. The molecule has 3 nitrogen and oxygen atoms in total. The van der Waals surface area contributed by atoms with Crippen LogP contribution in [-0.4, -0.2) is 10.9 Å². The van der Waals surface area contributed by atoms with Crippen molar-refractivity contribution in [3.05, 3.63) is 68.8 Å². The summed E-state index contributed by atoms with van der Waals surface area (Å²) >= 11 is 18.4. The minimum absolute atomic E-state index is 0.229. The Bertz CT molecular complexity index is 905. The molecule has 0 saturated carbocycles. The van der Waals surface area contributed by atoms with E-state index in [1.807, 2.05) is 19.1 Å². The van der Waals surface area contributed by atoms with Gasteiger partial charge in [0.05, 0.1) is 31.8 Å². The van der Waals surface area contributed by atoms with Gasteiger partial charge in [-0.15, -0.1) is 0 Å². The molecule has 3 aromatic rings. The average Bonchev–Trinajstić information content (AvgIpc) is 2.48. The fraction of sp³-hybridized carbons (Fsp3) is 0.0588. The van der Waals surface area contributed by atoms with E-state index < -0.39 is 5.91 Å². The van der Waals surface area contributed by atoms with Crippen LogP contribution in [-0.2, 0) is 0 Å². The highest BCUT2D eigenvalue weighted by Gasteiger charge is 2.16. The van der Waals surface area contributed by atoms with Gasteiger partial charge in [-0.25, -0.2) is 0 Å². The standard InChI is InChI=1S/C17H11Cl3N2O/c1-9-7-10-11(18)5-6-21-16(10)14(8-9)22-17(23)15-12(19)3-2-4-13(15)20/h2-8H,1H3,(H,22,23). The molecule has 6 heteroatoms. The normalized spacial score (nSPS) is 10.8. The van der Waals surface area contributed by atoms with E-state index in [0.717, 1.165) is 10.9 Å². The maximum absolute atomic E-state index is 12.6. The lowest BCUT2D eigenvalue weighted by Crippen LogP contribution is -2.14. The summed E-state index contributed by atoms with van der Waals surface area (Å²) < 4.78 is 0. The lowest BCUT2D eigenvalue weighted by atomic mass is 10.1. The van der Waals surface area contributed by atoms with Gasteiger partial charge in [-0.05, 0) is 42.8 Å². The maximum Gasteiger partial charge on any atom is 0.258 e. The summed E-state index contributed by atoms with van der Waals surface area (Å²) in [7, 11) is 0. The Balaban J connectivity index is 2.08. The molecule has 0 unspecified atom stereocenters. The first-order valence-electron chi connectivity index (χ1n) is 6.77. The Hall–Kier alpha value is -1.81. The van der Waals surface area contributed by atoms with Gasteiger partial charge in [-0.1, -0.05) is 40.9 Å². The second-order valence-electron chi connectivity index (χ2n) is 5.05. The minimum Gasteiger partial charge on any atom is -0.320 e. The molecule has 0 bridgehead atoms. The zero-order valence-electron chi connectivity index (χ0n) is 12.0. The Morgan fingerprint density at radius 1 is 1.04 bits per heavy atom. The Kier molecular flexibility index (Phi) is 4.44. The molecule has 1 aromatic heterocycles. The van der Waals surface area contributed by atoms with Crippen LogP contribution in [0.5, 0.6) is 0 Å². The van der Waals surface area contributed by atoms with Crippen LogP contribution in [0.1, 0.15) is 15.9 Å². The van der Waals surface area contributed by atoms with E-state index in [-0.39, 0.29) is 15.6 Å². The van der Waals surface area contributed by atoms with E-state index in [4.69, 9.17) is 34.8 Å². The van der Waals surface area contributed by atoms with Crippen molar-refractivity contribution in [2.75, 3.05) is 5.32 Å². The summed E-state index contributed by atoms with van der Waals surface area (Å²) in [5.41, 5.74) is 2.35. The number of pyridine rings is 1. The third-order valence-electron chi connectivity index (χ3n) is 3.37. The third kappa shape index (κ3) is 3.13. The monoisotopic (exact) mass is 364 g/mol. The summed E-state index contributed by atoms with van der Waals surface area (Å²) in [6, 6.07) is 10.4. The number of amides is 1. The van der Waals surface area contributed by atoms with E-state index in [0.29, 0.717) is 16.2 Å². The largest absolute Gasteiger partial charge is 0.320 e. The van der Waals surface area contributed by atoms with Crippen LogP contribution in [0.4, 0.5) is 5.69 Å². The Morgan fingerprint density at radius 3 is 2.43 bits per heavy atom. The summed E-state index contributed by atoms with van der Waals surface area (Å²) in [6.45, 7) is 1.92. The quantitative estimate of drug-likeness (QED) is 0.627. The molecule has 1 N–H and O–H groups in total. The summed E-state index contributed by atoms with van der Waals surface area (Å²) in [5, 5.41) is 4.75. The van der Waals surface area contributed by atoms with Gasteiger partial charge in [0.25, 0.3) is 5.91 Å². The van der Waals surface area contributed by atoms with Gasteiger partial charge in [0.15, 0.2) is 0 Å². The van der Waals surface area contributed by atoms with Gasteiger partial charge in [0.2, 0.25) is 0 Å². The van der Waals surface area contributed by atoms with Crippen molar-refractivity contribution in [1.29, 1.82) is 0 Å². The number of anilines is 1. The molecular weight excluding hydrogens is 355 g/mol. The number of rotatable bonds is 2. The van der Waals surface area contributed by atoms with Crippen molar-refractivity contribution in [2.45, 2.75) is 6.92 Å². The maximum atomic E-state index is 12.6. The fourth-order valence-electron chi connectivity index (χ4n) is 2.36. The topological polar surface area (TPSA) is 42.0 Å². The van der Waals surface area contributed by atoms with Crippen LogP contribution >= 0.6 is 34.8 Å². The van der Waals surface area contributed by atoms with Crippen LogP contribution < -0.4 is 5.32 Å². The van der Waals surface area contributed by atoms with Gasteiger partial charge in [0.1, 0.15) is 0 Å². The molecule has 0 aliphatic carbocycles. The van der Waals surface area contributed by atoms with Crippen LogP contribution in [0, 0.1) is 6.92 Å². The fourth-order valence-corrected chi connectivity index (χ4v) is 3.13. The first-order chi connectivity index (χ1) is 11.0. The number of halogens is 3. The van der Waals surface area contributed by atoms with Gasteiger partial charge in [0, 0.05) is 11.6 Å². The Morgan fingerprint density at radius 2 is 1.74 bits per heavy atom. The molecule has 116 valence electrons. The van der Waals surface area contributed by atoms with Gasteiger partial charge < -0.3 is 5.32 Å². The van der Waals surface area contributed by atoms with E-state index in [2.05, 4.69) is 10.3 Å². The SMILES string of the molecule is Cc1cc(NC(=O)c2c(Cl)cccc2Cl)c2nccc(Cl)c2c1. The number of aryl methyl sites for hydroxylation is 1. The van der Waals surface area contributed by atoms with Crippen molar-refractivity contribution < 1.29 is 4.79 Å². The summed E-state index contributed by atoms with van der Waals surface area (Å²) in [4.78, 5) is 16.9. The molecular formula is C17H11Cl3N2O. The van der Waals surface area contributed by atoms with Crippen molar-refractivity contribution in [2.24, 2.45) is 0 Å². The number of hydrogen-bond donors (Lipinski definition) is 1. The van der Waals surface area contributed by atoms with Crippen molar-refractivity contribution in [3.63, 3.8) is 0 Å². The van der Waals surface area contributed by atoms with Crippen LogP contribution in [0.25, 0.3) is 10.9 Å². The average molecular weight is 366 g/mol. The molecule has 0 atom stereocenters. The van der Waals surface area contributed by atoms with E-state index in [1.165, 1.54) is 0 Å². The Labute approximate surface area is 148 Å². The number of hydrogen-bond acceptors (Lipinski definition) is 2. The molecule has 2 aromatic carbocycles. The zero-order chi connectivity index (χ0) is 16.6. The number of aromatic nitrogens is 1. The van der Waals surface area contributed by atoms with E-state index >= 15 is 0 Å². The lowest BCUT2D eigenvalue weighted by Gasteiger charge is -2.12. The van der Waals surface area contributed by atoms with Gasteiger partial charge >= 0.3 is 0 Å². The third-order valence-corrected chi connectivity index (χ3v) is 4.33. The van der Waals surface area contributed by atoms with E-state index in [9.17, 15) is 4.79 Å². The highest BCUT2D eigenvalue weighted by molar-refractivity contribution is 6.40. The molecule has 0 aliphatic heterocycles. The molecule has 0 radical (unpaired) electrons. The predicted octanol–water partition coefficient (Wildman–Crippen LogP) is 5.76. The second-order valence-corrected chi connectivity index (χ2v) is 6.27. The molecule has 0 aliphatic rings. The van der Waals surface area contributed by atoms with Gasteiger partial charge in [-0.3, -0.25) is 9.78 Å². The molecule has 0 saturated heterocycles. The number of fused-ring (bicyclic) bond motifs is 1. The van der Waals surface area contributed by atoms with Crippen molar-refractivity contribution in [3.8, 4) is 0 Å². The van der Waals surface area contributed by atoms with Crippen molar-refractivity contribution in [1.82, 2.24) is 4.98 Å². The number of carbonyl (C=O) groups excluding carboxylic acids is 1. The minimum atomic E-state index is -0.394. The van der Waals surface area contributed by atoms with Crippen molar-refractivity contribution >= 4 is 57.3 Å². The number of nitrogens with one attached hydrogen (secondary N) is 1. The lowest BCUT2D eigenvalue weighted by molar-refractivity contribution is 0.102. The smallest absolute Gasteiger partial charge is 0.258 e. The van der Waals surface area contributed by atoms with Crippen LogP contribution in [0.15, 0.2) is 42.6 Å².